The number of anilines is 1. The van der Waals surface area contributed by atoms with Gasteiger partial charge in [-0.1, -0.05) is 18.2 Å². The van der Waals surface area contributed by atoms with Crippen molar-refractivity contribution < 1.29 is 0 Å². The van der Waals surface area contributed by atoms with Gasteiger partial charge in [-0.05, 0) is 17.7 Å². The van der Waals surface area contributed by atoms with Crippen LogP contribution in [0.4, 0.5) is 5.69 Å². The van der Waals surface area contributed by atoms with Crippen LogP contribution in [0.3, 0.4) is 0 Å². The van der Waals surface area contributed by atoms with Gasteiger partial charge in [-0.15, -0.1) is 0 Å². The number of hydrogen-bond donors (Lipinski definition) is 0. The number of nitriles is 1. The third-order valence-corrected chi connectivity index (χ3v) is 2.29. The van der Waals surface area contributed by atoms with Gasteiger partial charge in [0.15, 0.2) is 0 Å². The molecule has 0 fully saturated rings. The molecule has 1 aliphatic rings. The summed E-state index contributed by atoms with van der Waals surface area (Å²) in [6.07, 6.45) is 3.86. The Morgan fingerprint density at radius 2 is 2.15 bits per heavy atom. The van der Waals surface area contributed by atoms with E-state index >= 15 is 0 Å². The Morgan fingerprint density at radius 3 is 2.92 bits per heavy atom. The van der Waals surface area contributed by atoms with E-state index in [1.165, 1.54) is 0 Å². The first-order valence-electron chi connectivity index (χ1n) is 4.22. The zero-order valence-electron chi connectivity index (χ0n) is 7.44. The van der Waals surface area contributed by atoms with Crippen LogP contribution in [0.5, 0.6) is 0 Å². The normalized spacial score (nSPS) is 19.4. The third-order valence-electron chi connectivity index (χ3n) is 2.29. The zero-order valence-corrected chi connectivity index (χ0v) is 7.44. The highest BCUT2D eigenvalue weighted by atomic mass is 15.1. The van der Waals surface area contributed by atoms with Crippen LogP contribution in [0, 0.1) is 11.3 Å². The van der Waals surface area contributed by atoms with Crippen LogP contribution in [0.2, 0.25) is 0 Å². The highest BCUT2D eigenvalue weighted by Crippen LogP contribution is 2.31. The summed E-state index contributed by atoms with van der Waals surface area (Å²) in [6.45, 7) is 0. The van der Waals surface area contributed by atoms with Gasteiger partial charge < -0.3 is 4.90 Å². The topological polar surface area (TPSA) is 27.0 Å². The number of nitrogens with zero attached hydrogens (tertiary/aromatic N) is 2. The molecule has 2 heteroatoms. The van der Waals surface area contributed by atoms with Gasteiger partial charge in [0.2, 0.25) is 0 Å². The molecular weight excluding hydrogens is 160 g/mol. The second-order valence-electron chi connectivity index (χ2n) is 3.12. The summed E-state index contributed by atoms with van der Waals surface area (Å²) in [7, 11) is 1.99. The maximum absolute atomic E-state index is 8.90. The summed E-state index contributed by atoms with van der Waals surface area (Å²) in [5, 5.41) is 8.90. The predicted molar refractivity (Wildman–Crippen MR) is 52.3 cm³/mol. The van der Waals surface area contributed by atoms with E-state index in [-0.39, 0.29) is 5.92 Å². The minimum atomic E-state index is -0.0904. The maximum atomic E-state index is 8.90. The molecule has 0 N–H and O–H groups in total. The number of benzene rings is 1. The molecule has 2 nitrogen and oxygen atoms in total. The Kier molecular flexibility index (Phi) is 1.79. The molecule has 2 rings (SSSR count). The fourth-order valence-corrected chi connectivity index (χ4v) is 1.58. The molecule has 1 heterocycles. The molecule has 0 bridgehead atoms. The van der Waals surface area contributed by atoms with Gasteiger partial charge >= 0.3 is 0 Å². The number of allylic oxidation sites excluding steroid dienone is 1. The molecular formula is C11H10N2. The van der Waals surface area contributed by atoms with Crippen LogP contribution in [0.1, 0.15) is 11.5 Å². The first kappa shape index (κ1) is 7.88. The molecule has 0 radical (unpaired) electrons. The second-order valence-corrected chi connectivity index (χ2v) is 3.12. The van der Waals surface area contributed by atoms with E-state index in [1.807, 2.05) is 48.5 Å². The fraction of sp³-hybridized carbons (Fsp3) is 0.182. The minimum Gasteiger partial charge on any atom is -0.351 e. The molecule has 0 aromatic heterocycles. The van der Waals surface area contributed by atoms with E-state index in [0.717, 1.165) is 11.3 Å². The number of para-hydroxylation sites is 1. The van der Waals surface area contributed by atoms with Gasteiger partial charge in [0, 0.05) is 18.9 Å². The molecule has 13 heavy (non-hydrogen) atoms. The highest BCUT2D eigenvalue weighted by molar-refractivity contribution is 5.61. The maximum Gasteiger partial charge on any atom is 0.0930 e. The first-order chi connectivity index (χ1) is 6.33. The predicted octanol–water partition coefficient (Wildman–Crippen LogP) is 2.26. The van der Waals surface area contributed by atoms with Crippen LogP contribution in [0.15, 0.2) is 36.5 Å². The lowest BCUT2D eigenvalue weighted by molar-refractivity contribution is 1.01. The fourth-order valence-electron chi connectivity index (χ4n) is 1.58. The number of hydrogen-bond acceptors (Lipinski definition) is 2. The molecule has 1 aromatic carbocycles. The Labute approximate surface area is 77.7 Å². The number of rotatable bonds is 0. The highest BCUT2D eigenvalue weighted by Gasteiger charge is 2.17. The van der Waals surface area contributed by atoms with E-state index in [0.29, 0.717) is 0 Å². The quantitative estimate of drug-likeness (QED) is 0.597. The zero-order chi connectivity index (χ0) is 9.26. The van der Waals surface area contributed by atoms with Crippen molar-refractivity contribution in [2.75, 3.05) is 11.9 Å². The standard InChI is InChI=1S/C11H10N2/c1-13-7-6-9(8-12)10-4-2-3-5-11(10)13/h2-7,9H,1H3. The van der Waals surface area contributed by atoms with Crippen LogP contribution in [0.25, 0.3) is 0 Å². The van der Waals surface area contributed by atoms with Crippen molar-refractivity contribution in [3.63, 3.8) is 0 Å². The molecule has 0 spiro atoms. The van der Waals surface area contributed by atoms with E-state index in [4.69, 9.17) is 5.26 Å². The molecule has 0 amide bonds. The van der Waals surface area contributed by atoms with Crippen molar-refractivity contribution in [2.45, 2.75) is 5.92 Å². The van der Waals surface area contributed by atoms with Gasteiger partial charge in [0.05, 0.1) is 12.0 Å². The minimum absolute atomic E-state index is 0.0904. The SMILES string of the molecule is CN1C=CC(C#N)c2ccccc21. The smallest absolute Gasteiger partial charge is 0.0930 e. The summed E-state index contributed by atoms with van der Waals surface area (Å²) in [5.41, 5.74) is 2.21. The Morgan fingerprint density at radius 1 is 1.38 bits per heavy atom. The molecule has 0 aliphatic carbocycles. The monoisotopic (exact) mass is 170 g/mol. The van der Waals surface area contributed by atoms with Crippen LogP contribution < -0.4 is 4.90 Å². The summed E-state index contributed by atoms with van der Waals surface area (Å²) in [4.78, 5) is 2.03. The second kappa shape index (κ2) is 2.95. The molecule has 0 saturated carbocycles. The van der Waals surface area contributed by atoms with Crippen molar-refractivity contribution in [1.29, 1.82) is 5.26 Å². The molecule has 0 saturated heterocycles. The van der Waals surface area contributed by atoms with E-state index in [2.05, 4.69) is 6.07 Å². The van der Waals surface area contributed by atoms with Crippen molar-refractivity contribution in [2.24, 2.45) is 0 Å². The first-order valence-corrected chi connectivity index (χ1v) is 4.22. The molecule has 1 aromatic rings. The van der Waals surface area contributed by atoms with Crippen molar-refractivity contribution in [1.82, 2.24) is 0 Å². The van der Waals surface area contributed by atoms with Gasteiger partial charge in [-0.3, -0.25) is 0 Å². The number of fused-ring (bicyclic) bond motifs is 1. The summed E-state index contributed by atoms with van der Waals surface area (Å²) in [5.74, 6) is -0.0904. The van der Waals surface area contributed by atoms with E-state index in [9.17, 15) is 0 Å². The van der Waals surface area contributed by atoms with Gasteiger partial charge in [-0.25, -0.2) is 0 Å². The van der Waals surface area contributed by atoms with E-state index < -0.39 is 0 Å². The van der Waals surface area contributed by atoms with Gasteiger partial charge in [0.25, 0.3) is 0 Å². The van der Waals surface area contributed by atoms with Crippen LogP contribution in [-0.2, 0) is 0 Å². The molecule has 1 unspecified atom stereocenters. The third kappa shape index (κ3) is 1.19. The van der Waals surface area contributed by atoms with Gasteiger partial charge in [-0.2, -0.15) is 5.26 Å². The molecule has 1 atom stereocenters. The average molecular weight is 170 g/mol. The Bertz CT molecular complexity index is 387. The lowest BCUT2D eigenvalue weighted by Gasteiger charge is -2.24. The Balaban J connectivity index is 2.55. The Hall–Kier alpha value is -1.75. The van der Waals surface area contributed by atoms with Crippen LogP contribution in [-0.4, -0.2) is 7.05 Å². The summed E-state index contributed by atoms with van der Waals surface area (Å²) >= 11 is 0. The van der Waals surface area contributed by atoms with Crippen molar-refractivity contribution in [3.05, 3.63) is 42.1 Å². The lowest BCUT2D eigenvalue weighted by atomic mass is 9.96. The molecule has 1 aliphatic heterocycles. The van der Waals surface area contributed by atoms with Crippen molar-refractivity contribution >= 4 is 5.69 Å². The van der Waals surface area contributed by atoms with Crippen molar-refractivity contribution in [3.8, 4) is 6.07 Å². The molecule has 64 valence electrons. The lowest BCUT2D eigenvalue weighted by Crippen LogP contribution is -2.15. The van der Waals surface area contributed by atoms with Gasteiger partial charge in [0.1, 0.15) is 0 Å². The largest absolute Gasteiger partial charge is 0.351 e. The summed E-state index contributed by atoms with van der Waals surface area (Å²) < 4.78 is 0. The van der Waals surface area contributed by atoms with Crippen LogP contribution >= 0.6 is 0 Å². The average Bonchev–Trinajstić information content (AvgIpc) is 2.19. The van der Waals surface area contributed by atoms with E-state index in [1.54, 1.807) is 0 Å². The summed E-state index contributed by atoms with van der Waals surface area (Å²) in [6, 6.07) is 10.3.